The van der Waals surface area contributed by atoms with Gasteiger partial charge < -0.3 is 4.74 Å². The molecule has 0 saturated carbocycles. The molecule has 0 amide bonds. The third-order valence-corrected chi connectivity index (χ3v) is 1.71. The van der Waals surface area contributed by atoms with Gasteiger partial charge in [0.05, 0.1) is 0 Å². The number of ether oxygens (including phenoxy) is 1. The van der Waals surface area contributed by atoms with Gasteiger partial charge >= 0.3 is 5.97 Å². The summed E-state index contributed by atoms with van der Waals surface area (Å²) in [7, 11) is 0. The Kier molecular flexibility index (Phi) is 4.35. The lowest BCUT2D eigenvalue weighted by molar-refractivity contribution is -0.139. The van der Waals surface area contributed by atoms with Gasteiger partial charge in [-0.05, 0) is 39.6 Å². The maximum Gasteiger partial charge on any atom is 0.302 e. The van der Waals surface area contributed by atoms with Gasteiger partial charge in [-0.3, -0.25) is 4.79 Å². The standard InChI is InChI=1S/C12H20O2/c1-10(2)6-5-7-11(3)8-9-14-12(4)13/h6,8H,5,7,9H2,1-4H3/b11-8+/i1D3/b10-6-,11-8+. The van der Waals surface area contributed by atoms with Gasteiger partial charge in [0.15, 0.2) is 0 Å². The van der Waals surface area contributed by atoms with E-state index in [1.54, 1.807) is 13.0 Å². The molecule has 0 spiro atoms. The second-order valence-electron chi connectivity index (χ2n) is 3.28. The van der Waals surface area contributed by atoms with Crippen molar-refractivity contribution in [2.75, 3.05) is 6.61 Å². The number of rotatable bonds is 5. The molecule has 0 heterocycles. The van der Waals surface area contributed by atoms with Gasteiger partial charge in [-0.25, -0.2) is 0 Å². The Morgan fingerprint density at radius 1 is 1.36 bits per heavy atom. The molecule has 2 heteroatoms. The lowest BCUT2D eigenvalue weighted by Crippen LogP contribution is -1.98. The van der Waals surface area contributed by atoms with Gasteiger partial charge in [0.2, 0.25) is 0 Å². The Hall–Kier alpha value is -1.05. The number of esters is 1. The van der Waals surface area contributed by atoms with E-state index in [-0.39, 0.29) is 12.6 Å². The highest BCUT2D eigenvalue weighted by molar-refractivity contribution is 5.66. The second-order valence-corrected chi connectivity index (χ2v) is 3.28. The van der Waals surface area contributed by atoms with Crippen molar-refractivity contribution in [1.82, 2.24) is 0 Å². The van der Waals surface area contributed by atoms with Crippen LogP contribution >= 0.6 is 0 Å². The molecule has 0 saturated heterocycles. The van der Waals surface area contributed by atoms with Crippen LogP contribution in [0.25, 0.3) is 0 Å². The van der Waals surface area contributed by atoms with Crippen LogP contribution in [0.1, 0.15) is 44.6 Å². The predicted octanol–water partition coefficient (Wildman–Crippen LogP) is 3.24. The lowest BCUT2D eigenvalue weighted by atomic mass is 10.1. The van der Waals surface area contributed by atoms with Crippen LogP contribution in [-0.4, -0.2) is 12.6 Å². The zero-order valence-electron chi connectivity index (χ0n) is 12.1. The summed E-state index contributed by atoms with van der Waals surface area (Å²) in [6.45, 7) is 3.21. The van der Waals surface area contributed by atoms with Gasteiger partial charge in [-0.1, -0.05) is 17.2 Å². The Balaban J connectivity index is 4.00. The smallest absolute Gasteiger partial charge is 0.302 e. The molecule has 14 heavy (non-hydrogen) atoms. The minimum absolute atomic E-state index is 0.281. The third kappa shape index (κ3) is 9.04. The van der Waals surface area contributed by atoms with E-state index in [9.17, 15) is 4.79 Å². The fraction of sp³-hybridized carbons (Fsp3) is 0.583. The summed E-state index contributed by atoms with van der Waals surface area (Å²) in [5.74, 6) is -0.299. The van der Waals surface area contributed by atoms with Crippen LogP contribution in [0.4, 0.5) is 0 Å². The fourth-order valence-electron chi connectivity index (χ4n) is 0.920. The van der Waals surface area contributed by atoms with Crippen LogP contribution < -0.4 is 0 Å². The molecule has 0 fully saturated rings. The second kappa shape index (κ2) is 7.36. The van der Waals surface area contributed by atoms with Gasteiger partial charge in [0.25, 0.3) is 0 Å². The molecule has 0 aromatic carbocycles. The van der Waals surface area contributed by atoms with E-state index in [0.717, 1.165) is 12.0 Å². The van der Waals surface area contributed by atoms with Crippen molar-refractivity contribution in [2.24, 2.45) is 0 Å². The number of carbonyl (C=O) groups is 1. The van der Waals surface area contributed by atoms with Crippen LogP contribution in [0.2, 0.25) is 0 Å². The summed E-state index contributed by atoms with van der Waals surface area (Å²) >= 11 is 0. The molecule has 0 radical (unpaired) electrons. The summed E-state index contributed by atoms with van der Waals surface area (Å²) in [6.07, 6.45) is 5.03. The first-order valence-corrected chi connectivity index (χ1v) is 4.69. The van der Waals surface area contributed by atoms with Gasteiger partial charge in [0.1, 0.15) is 6.61 Å². The monoisotopic (exact) mass is 199 g/mol. The number of hydrogen-bond donors (Lipinski definition) is 0. The maximum absolute atomic E-state index is 10.5. The average Bonchev–Trinajstić information content (AvgIpc) is 2.15. The highest BCUT2D eigenvalue weighted by Gasteiger charge is 1.91. The summed E-state index contributed by atoms with van der Waals surface area (Å²) < 4.78 is 26.3. The van der Waals surface area contributed by atoms with E-state index >= 15 is 0 Å². The number of allylic oxidation sites excluding steroid dienone is 3. The molecule has 2 nitrogen and oxygen atoms in total. The molecule has 80 valence electrons. The van der Waals surface area contributed by atoms with E-state index in [1.807, 2.05) is 13.0 Å². The highest BCUT2D eigenvalue weighted by atomic mass is 16.5. The zero-order valence-corrected chi connectivity index (χ0v) is 9.09. The third-order valence-electron chi connectivity index (χ3n) is 1.71. The highest BCUT2D eigenvalue weighted by Crippen LogP contribution is 2.06. The zero-order chi connectivity index (χ0) is 13.5. The van der Waals surface area contributed by atoms with E-state index in [1.165, 1.54) is 6.92 Å². The van der Waals surface area contributed by atoms with E-state index in [4.69, 9.17) is 8.85 Å². The molecule has 0 N–H and O–H groups in total. The van der Waals surface area contributed by atoms with Crippen LogP contribution in [0.15, 0.2) is 23.3 Å². The first-order chi connectivity index (χ1) is 7.73. The normalized spacial score (nSPS) is 16.9. The molecule has 0 aliphatic heterocycles. The number of hydrogen-bond acceptors (Lipinski definition) is 2. The van der Waals surface area contributed by atoms with Gasteiger partial charge in [-0.15, -0.1) is 0 Å². The van der Waals surface area contributed by atoms with Crippen LogP contribution in [0.5, 0.6) is 0 Å². The van der Waals surface area contributed by atoms with Crippen molar-refractivity contribution in [3.05, 3.63) is 23.3 Å². The quantitative estimate of drug-likeness (QED) is 0.502. The molecule has 0 unspecified atom stereocenters. The molecule has 0 rings (SSSR count). The van der Waals surface area contributed by atoms with Crippen molar-refractivity contribution in [3.63, 3.8) is 0 Å². The fourth-order valence-corrected chi connectivity index (χ4v) is 0.920. The first-order valence-electron chi connectivity index (χ1n) is 6.19. The largest absolute Gasteiger partial charge is 0.462 e. The molecule has 0 aromatic rings. The van der Waals surface area contributed by atoms with Crippen molar-refractivity contribution in [1.29, 1.82) is 0 Å². The molecule has 0 aliphatic carbocycles. The molecule has 0 aromatic heterocycles. The Morgan fingerprint density at radius 2 is 2.07 bits per heavy atom. The average molecular weight is 199 g/mol. The molecular weight excluding hydrogens is 176 g/mol. The maximum atomic E-state index is 10.5. The Bertz CT molecular complexity index is 314. The van der Waals surface area contributed by atoms with Crippen molar-refractivity contribution in [3.8, 4) is 0 Å². The summed E-state index contributed by atoms with van der Waals surface area (Å²) in [6, 6.07) is 0. The molecule has 0 bridgehead atoms. The molecular formula is C12H20O2. The minimum atomic E-state index is -1.99. The van der Waals surface area contributed by atoms with E-state index < -0.39 is 6.85 Å². The van der Waals surface area contributed by atoms with Crippen molar-refractivity contribution in [2.45, 2.75) is 40.5 Å². The molecule has 0 atom stereocenters. The lowest BCUT2D eigenvalue weighted by Gasteiger charge is -2.00. The van der Waals surface area contributed by atoms with Crippen LogP contribution in [-0.2, 0) is 9.53 Å². The molecule has 0 aliphatic rings. The topological polar surface area (TPSA) is 26.3 Å². The van der Waals surface area contributed by atoms with E-state index in [2.05, 4.69) is 0 Å². The van der Waals surface area contributed by atoms with Crippen LogP contribution in [0.3, 0.4) is 0 Å². The summed E-state index contributed by atoms with van der Waals surface area (Å²) in [5, 5.41) is 0. The number of carbonyl (C=O) groups excluding carboxylic acids is 1. The van der Waals surface area contributed by atoms with E-state index in [0.29, 0.717) is 12.0 Å². The van der Waals surface area contributed by atoms with Crippen LogP contribution in [0, 0.1) is 0 Å². The minimum Gasteiger partial charge on any atom is -0.462 e. The first kappa shape index (κ1) is 8.27. The van der Waals surface area contributed by atoms with Gasteiger partial charge in [0, 0.05) is 11.0 Å². The summed E-state index contributed by atoms with van der Waals surface area (Å²) in [4.78, 5) is 10.5. The van der Waals surface area contributed by atoms with Crippen molar-refractivity contribution < 1.29 is 13.6 Å². The SMILES string of the molecule is [2H]C([2H])([2H])/C(C)=C/CC/C(C)=C/COC(C)=O. The Morgan fingerprint density at radius 3 is 2.64 bits per heavy atom. The van der Waals surface area contributed by atoms with Crippen molar-refractivity contribution >= 4 is 5.97 Å². The Labute approximate surface area is 90.9 Å². The summed E-state index contributed by atoms with van der Waals surface area (Å²) in [5.41, 5.74) is 1.51. The van der Waals surface area contributed by atoms with Gasteiger partial charge in [-0.2, -0.15) is 0 Å². The predicted molar refractivity (Wildman–Crippen MR) is 59.1 cm³/mol.